The molecule has 0 aliphatic heterocycles. The van der Waals surface area contributed by atoms with Gasteiger partial charge in [0.15, 0.2) is 5.82 Å². The van der Waals surface area contributed by atoms with E-state index >= 15 is 0 Å². The van der Waals surface area contributed by atoms with Crippen molar-refractivity contribution in [3.63, 3.8) is 0 Å². The monoisotopic (exact) mass is 565 g/mol. The Labute approximate surface area is 251 Å². The third-order valence-electron chi connectivity index (χ3n) is 8.13. The van der Waals surface area contributed by atoms with E-state index in [0.717, 1.165) is 60.6 Å². The second-order valence-corrected chi connectivity index (χ2v) is 10.7. The van der Waals surface area contributed by atoms with Crippen LogP contribution in [-0.4, -0.2) is 34.1 Å². The number of hydrogen-bond acceptors (Lipinski definition) is 5. The Kier molecular flexibility index (Phi) is 5.36. The number of nitrogens with zero attached hydrogens (tertiary/aromatic N) is 7. The molecule has 0 radical (unpaired) electrons. The molecule has 0 N–H and O–H groups in total. The van der Waals surface area contributed by atoms with Crippen LogP contribution in [0.25, 0.3) is 78.3 Å². The third kappa shape index (κ3) is 3.73. The largest absolute Gasteiger partial charge is 0.262 e. The maximum absolute atomic E-state index is 5.13. The van der Waals surface area contributed by atoms with Gasteiger partial charge >= 0.3 is 0 Å². The third-order valence-corrected chi connectivity index (χ3v) is 8.13. The van der Waals surface area contributed by atoms with Crippen molar-refractivity contribution in [3.8, 4) is 34.4 Å². The van der Waals surface area contributed by atoms with Crippen LogP contribution >= 0.6 is 0 Å². The summed E-state index contributed by atoms with van der Waals surface area (Å²) in [5.41, 5.74) is 6.70. The van der Waals surface area contributed by atoms with Crippen molar-refractivity contribution in [2.24, 2.45) is 0 Å². The van der Waals surface area contributed by atoms with Gasteiger partial charge in [-0.3, -0.25) is 9.13 Å². The molecule has 0 unspecified atom stereocenters. The maximum atomic E-state index is 5.13. The summed E-state index contributed by atoms with van der Waals surface area (Å²) in [7, 11) is 0. The van der Waals surface area contributed by atoms with Gasteiger partial charge in [-0.2, -0.15) is 15.0 Å². The number of aromatic nitrogens is 7. The SMILES string of the molecule is c1ccc(-c2ccc(-c3nc(-n4c5ccccc5c5cccnc54)nc(-n4c5ccccc5c5cccnc54)n3)cc2)cc1. The Morgan fingerprint density at radius 2 is 0.818 bits per heavy atom. The summed E-state index contributed by atoms with van der Waals surface area (Å²) in [6.07, 6.45) is 3.61. The highest BCUT2D eigenvalue weighted by atomic mass is 15.3. The first-order valence-electron chi connectivity index (χ1n) is 14.4. The molecular formula is C37H23N7. The Morgan fingerprint density at radius 3 is 1.39 bits per heavy atom. The molecule has 0 aliphatic carbocycles. The van der Waals surface area contributed by atoms with Crippen molar-refractivity contribution in [2.75, 3.05) is 0 Å². The minimum absolute atomic E-state index is 0.490. The molecule has 0 spiro atoms. The van der Waals surface area contributed by atoms with Crippen LogP contribution in [0.15, 0.2) is 140 Å². The maximum Gasteiger partial charge on any atom is 0.241 e. The molecule has 0 aliphatic rings. The predicted octanol–water partition coefficient (Wildman–Crippen LogP) is 8.19. The minimum atomic E-state index is 0.490. The van der Waals surface area contributed by atoms with Gasteiger partial charge in [-0.1, -0.05) is 91.0 Å². The molecule has 0 saturated carbocycles. The Morgan fingerprint density at radius 1 is 0.364 bits per heavy atom. The number of benzene rings is 4. The first-order chi connectivity index (χ1) is 21.8. The highest BCUT2D eigenvalue weighted by molar-refractivity contribution is 6.08. The van der Waals surface area contributed by atoms with E-state index in [1.807, 2.05) is 63.7 Å². The fraction of sp³-hybridized carbons (Fsp3) is 0. The average Bonchev–Trinajstić information content (AvgIpc) is 3.62. The molecule has 5 aromatic heterocycles. The molecule has 9 aromatic rings. The minimum Gasteiger partial charge on any atom is -0.262 e. The number of pyridine rings is 2. The molecule has 7 nitrogen and oxygen atoms in total. The van der Waals surface area contributed by atoms with Gasteiger partial charge in [0.25, 0.3) is 0 Å². The van der Waals surface area contributed by atoms with Crippen molar-refractivity contribution in [1.82, 2.24) is 34.1 Å². The van der Waals surface area contributed by atoms with Crippen LogP contribution in [0, 0.1) is 0 Å². The van der Waals surface area contributed by atoms with E-state index in [9.17, 15) is 0 Å². The van der Waals surface area contributed by atoms with E-state index in [0.29, 0.717) is 17.7 Å². The fourth-order valence-electron chi connectivity index (χ4n) is 6.12. The number of hydrogen-bond donors (Lipinski definition) is 0. The van der Waals surface area contributed by atoms with Gasteiger partial charge in [0.2, 0.25) is 11.9 Å². The summed E-state index contributed by atoms with van der Waals surface area (Å²) in [6, 6.07) is 43.3. The van der Waals surface area contributed by atoms with Crippen molar-refractivity contribution in [3.05, 3.63) is 140 Å². The number of fused-ring (bicyclic) bond motifs is 6. The molecule has 7 heteroatoms. The van der Waals surface area contributed by atoms with Gasteiger partial charge in [0.05, 0.1) is 11.0 Å². The molecular weight excluding hydrogens is 542 g/mol. The van der Waals surface area contributed by atoms with E-state index in [1.54, 1.807) is 12.4 Å². The smallest absolute Gasteiger partial charge is 0.241 e. The summed E-state index contributed by atoms with van der Waals surface area (Å²) in [6.45, 7) is 0. The summed E-state index contributed by atoms with van der Waals surface area (Å²) < 4.78 is 4.05. The van der Waals surface area contributed by atoms with Gasteiger partial charge in [-0.15, -0.1) is 0 Å². The molecule has 5 heterocycles. The number of rotatable bonds is 4. The van der Waals surface area contributed by atoms with Crippen LogP contribution in [0.1, 0.15) is 0 Å². The molecule has 44 heavy (non-hydrogen) atoms. The van der Waals surface area contributed by atoms with Crippen LogP contribution in [0.4, 0.5) is 0 Å². The zero-order valence-corrected chi connectivity index (χ0v) is 23.4. The van der Waals surface area contributed by atoms with Gasteiger partial charge in [-0.05, 0) is 47.5 Å². The highest BCUT2D eigenvalue weighted by Gasteiger charge is 2.21. The van der Waals surface area contributed by atoms with Crippen LogP contribution in [0.3, 0.4) is 0 Å². The summed E-state index contributed by atoms with van der Waals surface area (Å²) in [5.74, 6) is 1.54. The molecule has 0 amide bonds. The topological polar surface area (TPSA) is 74.3 Å². The summed E-state index contributed by atoms with van der Waals surface area (Å²) in [4.78, 5) is 24.9. The van der Waals surface area contributed by atoms with Crippen LogP contribution in [-0.2, 0) is 0 Å². The fourth-order valence-corrected chi connectivity index (χ4v) is 6.12. The van der Waals surface area contributed by atoms with Gasteiger partial charge in [0, 0.05) is 39.5 Å². The van der Waals surface area contributed by atoms with Gasteiger partial charge < -0.3 is 0 Å². The van der Waals surface area contributed by atoms with Crippen LogP contribution < -0.4 is 0 Å². The van der Waals surface area contributed by atoms with E-state index in [-0.39, 0.29) is 0 Å². The first kappa shape index (κ1) is 24.4. The molecule has 206 valence electrons. The van der Waals surface area contributed by atoms with Crippen LogP contribution in [0.5, 0.6) is 0 Å². The molecule has 0 fully saturated rings. The quantitative estimate of drug-likeness (QED) is 0.215. The molecule has 0 saturated heterocycles. The van der Waals surface area contributed by atoms with Crippen molar-refractivity contribution >= 4 is 43.9 Å². The zero-order valence-electron chi connectivity index (χ0n) is 23.4. The second-order valence-electron chi connectivity index (χ2n) is 10.7. The standard InChI is InChI=1S/C37H23N7/c1-2-10-24(11-3-1)25-18-20-26(21-19-25)33-40-36(43-31-16-6-4-12-27(31)29-14-8-22-38-34(29)43)42-37(41-33)44-32-17-7-5-13-28(32)30-15-9-23-39-35(30)44/h1-23H. The van der Waals surface area contributed by atoms with E-state index < -0.39 is 0 Å². The van der Waals surface area contributed by atoms with Gasteiger partial charge in [0.1, 0.15) is 11.3 Å². The number of para-hydroxylation sites is 2. The first-order valence-corrected chi connectivity index (χ1v) is 14.4. The summed E-state index contributed by atoms with van der Waals surface area (Å²) in [5, 5.41) is 4.25. The lowest BCUT2D eigenvalue weighted by molar-refractivity contribution is 0.884. The predicted molar refractivity (Wildman–Crippen MR) is 175 cm³/mol. The lowest BCUT2D eigenvalue weighted by atomic mass is 10.0. The Balaban J connectivity index is 1.34. The highest BCUT2D eigenvalue weighted by Crippen LogP contribution is 2.33. The van der Waals surface area contributed by atoms with Crippen LogP contribution in [0.2, 0.25) is 0 Å². The molecule has 9 rings (SSSR count). The average molecular weight is 566 g/mol. The van der Waals surface area contributed by atoms with Gasteiger partial charge in [-0.25, -0.2) is 9.97 Å². The lowest BCUT2D eigenvalue weighted by Crippen LogP contribution is -2.10. The zero-order chi connectivity index (χ0) is 29.0. The lowest BCUT2D eigenvalue weighted by Gasteiger charge is -2.12. The van der Waals surface area contributed by atoms with E-state index in [4.69, 9.17) is 24.9 Å². The Hall–Kier alpha value is -6.21. The van der Waals surface area contributed by atoms with Crippen molar-refractivity contribution < 1.29 is 0 Å². The molecule has 0 bridgehead atoms. The normalized spacial score (nSPS) is 11.6. The van der Waals surface area contributed by atoms with Crippen molar-refractivity contribution in [1.29, 1.82) is 0 Å². The molecule has 0 atom stereocenters. The molecule has 4 aromatic carbocycles. The summed E-state index contributed by atoms with van der Waals surface area (Å²) >= 11 is 0. The van der Waals surface area contributed by atoms with E-state index in [1.165, 1.54) is 0 Å². The Bertz CT molecular complexity index is 2250. The second kappa shape index (κ2) is 9.68. The van der Waals surface area contributed by atoms with Crippen molar-refractivity contribution in [2.45, 2.75) is 0 Å². The van der Waals surface area contributed by atoms with E-state index in [2.05, 4.69) is 72.8 Å².